The Labute approximate surface area is 132 Å². The number of benzene rings is 2. The Morgan fingerprint density at radius 1 is 1.00 bits per heavy atom. The molecular formula is C18H14FN3O. The number of rotatable bonds is 3. The quantitative estimate of drug-likeness (QED) is 0.805. The smallest absolute Gasteiger partial charge is 0.153 e. The number of nitrogens with one attached hydrogen (secondary N) is 1. The first-order chi connectivity index (χ1) is 11.3. The summed E-state index contributed by atoms with van der Waals surface area (Å²) in [7, 11) is 0. The normalized spacial score (nSPS) is 13.7. The molecular weight excluding hydrogens is 293 g/mol. The molecule has 114 valence electrons. The molecule has 4 rings (SSSR count). The Bertz CT molecular complexity index is 902. The van der Waals surface area contributed by atoms with Crippen molar-refractivity contribution in [1.82, 2.24) is 10.3 Å². The molecule has 5 heteroatoms. The summed E-state index contributed by atoms with van der Waals surface area (Å²) in [5.41, 5.74) is 1.10. The summed E-state index contributed by atoms with van der Waals surface area (Å²) in [5.74, 6) is 1.19. The fourth-order valence-electron chi connectivity index (χ4n) is 2.66. The van der Waals surface area contributed by atoms with Crippen LogP contribution in [0.4, 0.5) is 4.39 Å². The van der Waals surface area contributed by atoms with Crippen molar-refractivity contribution in [2.24, 2.45) is 4.99 Å². The molecule has 23 heavy (non-hydrogen) atoms. The topological polar surface area (TPSA) is 46.5 Å². The number of aliphatic imine (C=N–C) groups is 1. The number of hydrogen-bond donors (Lipinski definition) is 1. The zero-order valence-corrected chi connectivity index (χ0v) is 12.3. The summed E-state index contributed by atoms with van der Waals surface area (Å²) >= 11 is 0. The van der Waals surface area contributed by atoms with E-state index in [4.69, 9.17) is 4.74 Å². The summed E-state index contributed by atoms with van der Waals surface area (Å²) in [5, 5.41) is 4.06. The van der Waals surface area contributed by atoms with Crippen LogP contribution in [0.1, 0.15) is 5.56 Å². The number of para-hydroxylation sites is 1. The first-order valence-corrected chi connectivity index (χ1v) is 7.42. The Balaban J connectivity index is 1.81. The molecule has 0 atom stereocenters. The third-order valence-electron chi connectivity index (χ3n) is 3.70. The zero-order valence-electron chi connectivity index (χ0n) is 12.3. The Morgan fingerprint density at radius 3 is 2.70 bits per heavy atom. The maximum Gasteiger partial charge on any atom is 0.153 e. The van der Waals surface area contributed by atoms with Crippen molar-refractivity contribution in [1.29, 1.82) is 0 Å². The molecule has 3 aromatic rings. The number of pyridine rings is 1. The minimum atomic E-state index is -0.358. The lowest BCUT2D eigenvalue weighted by molar-refractivity contribution is 0.479. The Hall–Kier alpha value is -2.95. The van der Waals surface area contributed by atoms with E-state index in [1.807, 2.05) is 30.3 Å². The molecule has 0 saturated carbocycles. The van der Waals surface area contributed by atoms with Crippen molar-refractivity contribution in [2.75, 3.05) is 13.1 Å². The molecule has 1 aliphatic heterocycles. The standard InChI is InChI=1S/C18H14FN3O/c19-13-6-2-7-14(16(13)18-21-10-11-22-18)23-15-8-1-4-12-5-3-9-20-17(12)15/h1-9H,10-11H2,(H,21,22). The van der Waals surface area contributed by atoms with Crippen molar-refractivity contribution in [2.45, 2.75) is 0 Å². The third-order valence-corrected chi connectivity index (χ3v) is 3.70. The molecule has 0 fully saturated rings. The average molecular weight is 307 g/mol. The molecule has 0 amide bonds. The summed E-state index contributed by atoms with van der Waals surface area (Å²) in [6, 6.07) is 14.3. The van der Waals surface area contributed by atoms with E-state index in [0.29, 0.717) is 36.0 Å². The highest BCUT2D eigenvalue weighted by atomic mass is 19.1. The van der Waals surface area contributed by atoms with Crippen LogP contribution in [0.2, 0.25) is 0 Å². The Kier molecular flexibility index (Phi) is 3.38. The highest BCUT2D eigenvalue weighted by molar-refractivity contribution is 6.02. The van der Waals surface area contributed by atoms with Crippen LogP contribution in [-0.4, -0.2) is 23.9 Å². The largest absolute Gasteiger partial charge is 0.454 e. The number of nitrogens with zero attached hydrogens (tertiary/aromatic N) is 2. The minimum Gasteiger partial charge on any atom is -0.454 e. The zero-order chi connectivity index (χ0) is 15.6. The van der Waals surface area contributed by atoms with E-state index < -0.39 is 0 Å². The number of hydrogen-bond acceptors (Lipinski definition) is 4. The fourth-order valence-corrected chi connectivity index (χ4v) is 2.66. The van der Waals surface area contributed by atoms with E-state index in [1.54, 1.807) is 18.3 Å². The van der Waals surface area contributed by atoms with Crippen molar-refractivity contribution < 1.29 is 9.13 Å². The fraction of sp³-hybridized carbons (Fsp3) is 0.111. The molecule has 0 radical (unpaired) electrons. The molecule has 0 bridgehead atoms. The van der Waals surface area contributed by atoms with Crippen LogP contribution in [0.15, 0.2) is 59.7 Å². The van der Waals surface area contributed by atoms with Crippen molar-refractivity contribution in [3.8, 4) is 11.5 Å². The monoisotopic (exact) mass is 307 g/mol. The van der Waals surface area contributed by atoms with Gasteiger partial charge in [-0.1, -0.05) is 24.3 Å². The van der Waals surface area contributed by atoms with Gasteiger partial charge in [0.1, 0.15) is 22.9 Å². The first kappa shape index (κ1) is 13.7. The van der Waals surface area contributed by atoms with E-state index in [1.165, 1.54) is 6.07 Å². The van der Waals surface area contributed by atoms with Gasteiger partial charge in [-0.15, -0.1) is 0 Å². The maximum absolute atomic E-state index is 14.3. The van der Waals surface area contributed by atoms with E-state index in [0.717, 1.165) is 10.9 Å². The van der Waals surface area contributed by atoms with E-state index >= 15 is 0 Å². The van der Waals surface area contributed by atoms with Crippen LogP contribution in [0.25, 0.3) is 10.9 Å². The van der Waals surface area contributed by atoms with Gasteiger partial charge in [-0.05, 0) is 24.3 Å². The second kappa shape index (κ2) is 5.68. The lowest BCUT2D eigenvalue weighted by atomic mass is 10.1. The first-order valence-electron chi connectivity index (χ1n) is 7.42. The molecule has 1 aromatic heterocycles. The van der Waals surface area contributed by atoms with Crippen molar-refractivity contribution >= 4 is 16.7 Å². The molecule has 0 spiro atoms. The number of fused-ring (bicyclic) bond motifs is 1. The van der Waals surface area contributed by atoms with Gasteiger partial charge in [0.15, 0.2) is 5.75 Å². The summed E-state index contributed by atoms with van der Waals surface area (Å²) in [4.78, 5) is 8.66. The Morgan fingerprint density at radius 2 is 1.83 bits per heavy atom. The predicted octanol–water partition coefficient (Wildman–Crippen LogP) is 3.52. The van der Waals surface area contributed by atoms with Gasteiger partial charge < -0.3 is 10.1 Å². The van der Waals surface area contributed by atoms with Crippen LogP contribution < -0.4 is 10.1 Å². The van der Waals surface area contributed by atoms with E-state index in [2.05, 4.69) is 15.3 Å². The van der Waals surface area contributed by atoms with Gasteiger partial charge in [-0.2, -0.15) is 0 Å². The van der Waals surface area contributed by atoms with E-state index in [9.17, 15) is 4.39 Å². The van der Waals surface area contributed by atoms with Crippen LogP contribution in [-0.2, 0) is 0 Å². The molecule has 2 heterocycles. The van der Waals surface area contributed by atoms with Crippen LogP contribution >= 0.6 is 0 Å². The third kappa shape index (κ3) is 2.50. The number of amidine groups is 1. The molecule has 1 aliphatic rings. The molecule has 0 aliphatic carbocycles. The second-order valence-corrected chi connectivity index (χ2v) is 5.20. The molecule has 0 unspecified atom stereocenters. The average Bonchev–Trinajstić information content (AvgIpc) is 3.09. The minimum absolute atomic E-state index is 0.358. The van der Waals surface area contributed by atoms with Crippen LogP contribution in [0, 0.1) is 5.82 Å². The van der Waals surface area contributed by atoms with Crippen molar-refractivity contribution in [3.05, 3.63) is 66.1 Å². The van der Waals surface area contributed by atoms with Gasteiger partial charge in [0.25, 0.3) is 0 Å². The highest BCUT2D eigenvalue weighted by Crippen LogP contribution is 2.31. The summed E-state index contributed by atoms with van der Waals surface area (Å²) in [6.07, 6.45) is 1.71. The predicted molar refractivity (Wildman–Crippen MR) is 87.6 cm³/mol. The van der Waals surface area contributed by atoms with Gasteiger partial charge in [-0.25, -0.2) is 4.39 Å². The summed E-state index contributed by atoms with van der Waals surface area (Å²) in [6.45, 7) is 1.35. The van der Waals surface area contributed by atoms with Gasteiger partial charge in [0.05, 0.1) is 12.1 Å². The van der Waals surface area contributed by atoms with Gasteiger partial charge in [0, 0.05) is 18.1 Å². The number of ether oxygens (including phenoxy) is 1. The van der Waals surface area contributed by atoms with Gasteiger partial charge in [0.2, 0.25) is 0 Å². The molecule has 1 N–H and O–H groups in total. The number of aromatic nitrogens is 1. The molecule has 0 saturated heterocycles. The van der Waals surface area contributed by atoms with Gasteiger partial charge in [-0.3, -0.25) is 9.98 Å². The lowest BCUT2D eigenvalue weighted by Gasteiger charge is -2.13. The molecule has 2 aromatic carbocycles. The summed E-state index contributed by atoms with van der Waals surface area (Å²) < 4.78 is 20.3. The highest BCUT2D eigenvalue weighted by Gasteiger charge is 2.19. The van der Waals surface area contributed by atoms with Crippen LogP contribution in [0.3, 0.4) is 0 Å². The second-order valence-electron chi connectivity index (χ2n) is 5.20. The molecule has 4 nitrogen and oxygen atoms in total. The van der Waals surface area contributed by atoms with Crippen LogP contribution in [0.5, 0.6) is 11.5 Å². The number of halogens is 1. The van der Waals surface area contributed by atoms with Gasteiger partial charge >= 0.3 is 0 Å². The SMILES string of the molecule is Fc1cccc(Oc2cccc3cccnc23)c1C1=NCCN1. The van der Waals surface area contributed by atoms with Crippen molar-refractivity contribution in [3.63, 3.8) is 0 Å². The lowest BCUT2D eigenvalue weighted by Crippen LogP contribution is -2.21. The maximum atomic E-state index is 14.3. The van der Waals surface area contributed by atoms with E-state index in [-0.39, 0.29) is 5.82 Å².